The molecule has 0 atom stereocenters. The highest BCUT2D eigenvalue weighted by Crippen LogP contribution is 2.34. The van der Waals surface area contributed by atoms with Gasteiger partial charge in [0.2, 0.25) is 0 Å². The average molecular weight is 487 g/mol. The maximum atomic E-state index is 13.1. The molecule has 4 rings (SSSR count). The van der Waals surface area contributed by atoms with Gasteiger partial charge in [0.1, 0.15) is 17.1 Å². The molecule has 0 radical (unpaired) electrons. The van der Waals surface area contributed by atoms with Crippen LogP contribution in [0.1, 0.15) is 11.3 Å². The van der Waals surface area contributed by atoms with Crippen molar-refractivity contribution in [1.29, 1.82) is 0 Å². The van der Waals surface area contributed by atoms with Gasteiger partial charge in [0.25, 0.3) is 17.5 Å². The zero-order valence-electron chi connectivity index (χ0n) is 16.8. The molecule has 1 aromatic heterocycles. The lowest BCUT2D eigenvalue weighted by Crippen LogP contribution is -2.54. The molecular formula is C22H12F3N3O5S. The summed E-state index contributed by atoms with van der Waals surface area (Å²) in [5, 5.41) is 13.1. The van der Waals surface area contributed by atoms with E-state index >= 15 is 0 Å². The molecule has 34 heavy (non-hydrogen) atoms. The number of furan rings is 1. The Bertz CT molecular complexity index is 1380. The van der Waals surface area contributed by atoms with E-state index in [9.17, 15) is 32.9 Å². The van der Waals surface area contributed by atoms with Gasteiger partial charge in [0, 0.05) is 6.07 Å². The van der Waals surface area contributed by atoms with E-state index in [0.717, 1.165) is 29.2 Å². The van der Waals surface area contributed by atoms with E-state index in [4.69, 9.17) is 16.6 Å². The molecule has 1 saturated heterocycles. The third kappa shape index (κ3) is 4.30. The lowest BCUT2D eigenvalue weighted by Gasteiger charge is -2.29. The van der Waals surface area contributed by atoms with Crippen LogP contribution in [0.4, 0.5) is 24.5 Å². The smallest absolute Gasteiger partial charge is 0.416 e. The topological polar surface area (TPSA) is 106 Å². The number of halogens is 3. The lowest BCUT2D eigenvalue weighted by atomic mass is 10.1. The van der Waals surface area contributed by atoms with Gasteiger partial charge in [-0.3, -0.25) is 29.9 Å². The maximum Gasteiger partial charge on any atom is 0.416 e. The molecule has 0 aliphatic carbocycles. The Morgan fingerprint density at radius 1 is 1.06 bits per heavy atom. The molecule has 2 heterocycles. The van der Waals surface area contributed by atoms with E-state index in [2.05, 4.69) is 5.32 Å². The van der Waals surface area contributed by atoms with Crippen molar-refractivity contribution in [3.8, 4) is 11.3 Å². The first-order valence-electron chi connectivity index (χ1n) is 9.48. The van der Waals surface area contributed by atoms with Gasteiger partial charge in [-0.25, -0.2) is 0 Å². The Hall–Kier alpha value is -4.32. The van der Waals surface area contributed by atoms with Crippen LogP contribution in [0.5, 0.6) is 0 Å². The number of alkyl halides is 3. The number of amides is 2. The third-order valence-corrected chi connectivity index (χ3v) is 5.10. The largest absolute Gasteiger partial charge is 0.456 e. The van der Waals surface area contributed by atoms with Crippen LogP contribution in [-0.2, 0) is 15.8 Å². The Balaban J connectivity index is 1.70. The van der Waals surface area contributed by atoms with Crippen molar-refractivity contribution in [2.24, 2.45) is 0 Å². The minimum Gasteiger partial charge on any atom is -0.456 e. The second-order valence-corrected chi connectivity index (χ2v) is 7.37. The van der Waals surface area contributed by atoms with Crippen molar-refractivity contribution < 1.29 is 32.1 Å². The third-order valence-electron chi connectivity index (χ3n) is 4.81. The summed E-state index contributed by atoms with van der Waals surface area (Å²) in [6, 6.07) is 12.6. The van der Waals surface area contributed by atoms with Crippen molar-refractivity contribution >= 4 is 46.6 Å². The van der Waals surface area contributed by atoms with Crippen molar-refractivity contribution in [2.45, 2.75) is 6.18 Å². The quantitative estimate of drug-likeness (QED) is 0.188. The van der Waals surface area contributed by atoms with Gasteiger partial charge in [0.15, 0.2) is 5.11 Å². The maximum absolute atomic E-state index is 13.1. The number of nitrogens with one attached hydrogen (secondary N) is 1. The number of nitrogens with zero attached hydrogens (tertiary/aromatic N) is 2. The fourth-order valence-electron chi connectivity index (χ4n) is 3.27. The molecule has 0 bridgehead atoms. The molecule has 8 nitrogen and oxygen atoms in total. The van der Waals surface area contributed by atoms with Crippen molar-refractivity contribution in [1.82, 2.24) is 5.32 Å². The van der Waals surface area contributed by atoms with Crippen molar-refractivity contribution in [2.75, 3.05) is 4.90 Å². The van der Waals surface area contributed by atoms with E-state index < -0.39 is 34.1 Å². The molecule has 0 spiro atoms. The summed E-state index contributed by atoms with van der Waals surface area (Å²) in [6.07, 6.45) is -3.57. The predicted molar refractivity (Wildman–Crippen MR) is 118 cm³/mol. The van der Waals surface area contributed by atoms with Crippen molar-refractivity contribution in [3.63, 3.8) is 0 Å². The van der Waals surface area contributed by atoms with E-state index in [0.29, 0.717) is 0 Å². The predicted octanol–water partition coefficient (Wildman–Crippen LogP) is 4.70. The summed E-state index contributed by atoms with van der Waals surface area (Å²) < 4.78 is 44.9. The number of anilines is 1. The standard InChI is InChI=1S/C22H12F3N3O5S/c23-22(24,25)12-4-3-5-13(10-12)27-20(30)16(19(29)26-21(27)34)11-14-8-9-18(33-14)15-6-1-2-7-17(15)28(31)32/h1-11H,(H,26,29,34)/b16-11-. The molecular weight excluding hydrogens is 475 g/mol. The highest BCUT2D eigenvalue weighted by atomic mass is 32.1. The summed E-state index contributed by atoms with van der Waals surface area (Å²) in [4.78, 5) is 36.9. The first kappa shape index (κ1) is 22.9. The number of benzene rings is 2. The molecule has 1 aliphatic rings. The summed E-state index contributed by atoms with van der Waals surface area (Å²) >= 11 is 5.00. The summed E-state index contributed by atoms with van der Waals surface area (Å²) in [7, 11) is 0. The van der Waals surface area contributed by atoms with E-state index in [1.165, 1.54) is 36.4 Å². The second-order valence-electron chi connectivity index (χ2n) is 6.98. The Labute approximate surface area is 194 Å². The number of para-hydroxylation sites is 1. The monoisotopic (exact) mass is 487 g/mol. The summed E-state index contributed by atoms with van der Waals surface area (Å²) in [5.41, 5.74) is -1.65. The van der Waals surface area contributed by atoms with Gasteiger partial charge in [0.05, 0.1) is 21.7 Å². The van der Waals surface area contributed by atoms with Crippen LogP contribution in [0.3, 0.4) is 0 Å². The zero-order valence-corrected chi connectivity index (χ0v) is 17.6. The normalized spacial score (nSPS) is 15.6. The Morgan fingerprint density at radius 2 is 1.79 bits per heavy atom. The molecule has 2 aromatic carbocycles. The fraction of sp³-hybridized carbons (Fsp3) is 0.0455. The van der Waals surface area contributed by atoms with Crippen molar-refractivity contribution in [3.05, 3.63) is 87.7 Å². The van der Waals surface area contributed by atoms with Crippen LogP contribution < -0.4 is 10.2 Å². The number of nitro groups is 1. The van der Waals surface area contributed by atoms with Gasteiger partial charge >= 0.3 is 6.18 Å². The number of hydrogen-bond acceptors (Lipinski definition) is 6. The van der Waals surface area contributed by atoms with E-state index in [1.54, 1.807) is 6.07 Å². The van der Waals surface area contributed by atoms with E-state index in [-0.39, 0.29) is 33.6 Å². The molecule has 0 saturated carbocycles. The fourth-order valence-corrected chi connectivity index (χ4v) is 3.55. The SMILES string of the molecule is O=C1NC(=S)N(c2cccc(C(F)(F)F)c2)C(=O)/C1=C\c1ccc(-c2ccccc2[N+](=O)[O-])o1. The Kier molecular flexibility index (Phi) is 5.75. The molecule has 12 heteroatoms. The van der Waals surface area contributed by atoms with Gasteiger partial charge < -0.3 is 4.42 Å². The van der Waals surface area contributed by atoms with Crippen LogP contribution in [0.2, 0.25) is 0 Å². The number of hydrogen-bond donors (Lipinski definition) is 1. The molecule has 1 aliphatic heterocycles. The number of thiocarbonyl (C=S) groups is 1. The number of carbonyl (C=O) groups is 2. The van der Waals surface area contributed by atoms with Crippen LogP contribution in [0.15, 0.2) is 70.7 Å². The lowest BCUT2D eigenvalue weighted by molar-refractivity contribution is -0.384. The molecule has 3 aromatic rings. The van der Waals surface area contributed by atoms with E-state index in [1.807, 2.05) is 0 Å². The minimum atomic E-state index is -4.65. The minimum absolute atomic E-state index is 0.0171. The van der Waals surface area contributed by atoms with Crippen LogP contribution >= 0.6 is 12.2 Å². The molecule has 0 unspecified atom stereocenters. The van der Waals surface area contributed by atoms with Crippen LogP contribution in [0, 0.1) is 10.1 Å². The van der Waals surface area contributed by atoms with Gasteiger partial charge in [-0.2, -0.15) is 13.2 Å². The van der Waals surface area contributed by atoms with Gasteiger partial charge in [-0.1, -0.05) is 18.2 Å². The van der Waals surface area contributed by atoms with Crippen LogP contribution in [-0.4, -0.2) is 21.9 Å². The number of nitro benzene ring substituents is 1. The number of rotatable bonds is 4. The van der Waals surface area contributed by atoms with Gasteiger partial charge in [-0.05, 0) is 54.7 Å². The number of carbonyl (C=O) groups excluding carboxylic acids is 2. The Morgan fingerprint density at radius 3 is 2.50 bits per heavy atom. The average Bonchev–Trinajstić information content (AvgIpc) is 3.25. The highest BCUT2D eigenvalue weighted by molar-refractivity contribution is 7.80. The van der Waals surface area contributed by atoms with Crippen LogP contribution in [0.25, 0.3) is 17.4 Å². The molecule has 2 amide bonds. The first-order valence-corrected chi connectivity index (χ1v) is 9.89. The molecule has 1 N–H and O–H groups in total. The summed E-state index contributed by atoms with van der Waals surface area (Å²) in [5.74, 6) is -1.70. The highest BCUT2D eigenvalue weighted by Gasteiger charge is 2.37. The second kappa shape index (κ2) is 8.56. The zero-order chi connectivity index (χ0) is 24.6. The molecule has 172 valence electrons. The molecule has 1 fully saturated rings. The summed E-state index contributed by atoms with van der Waals surface area (Å²) in [6.45, 7) is 0. The van der Waals surface area contributed by atoms with Gasteiger partial charge in [-0.15, -0.1) is 0 Å². The first-order chi connectivity index (χ1) is 16.1.